The molecule has 8 nitrogen and oxygen atoms in total. The van der Waals surface area contributed by atoms with Crippen LogP contribution in [0.15, 0.2) is 97.1 Å². The van der Waals surface area contributed by atoms with Crippen LogP contribution in [0.2, 0.25) is 0 Å². The van der Waals surface area contributed by atoms with Crippen LogP contribution in [0.25, 0.3) is 0 Å². The smallest absolute Gasteiger partial charge is 0.352 e. The molecule has 1 saturated heterocycles. The van der Waals surface area contributed by atoms with Crippen LogP contribution in [0, 0.1) is 0 Å². The largest absolute Gasteiger partial charge is 0.402 e. The molecular formula is C36H40B4N8. The molecule has 48 heavy (non-hydrogen) atoms. The highest BCUT2D eigenvalue weighted by atomic mass is 15.3. The number of fused-ring (bicyclic) bond motifs is 16. The van der Waals surface area contributed by atoms with Crippen LogP contribution in [0.4, 0.5) is 22.7 Å². The number of nitrogens with zero attached hydrogens (tertiary/aromatic N) is 8. The maximum atomic E-state index is 2.51. The Kier molecular flexibility index (Phi) is 8.34. The molecule has 4 aromatic carbocycles. The van der Waals surface area contributed by atoms with Gasteiger partial charge in [0.05, 0.1) is 0 Å². The molecule has 4 atom stereocenters. The molecule has 1 fully saturated rings. The summed E-state index contributed by atoms with van der Waals surface area (Å²) in [5.74, 6) is 0. The Bertz CT molecular complexity index is 1510. The molecule has 0 amide bonds. The fourth-order valence-corrected chi connectivity index (χ4v) is 7.98. The van der Waals surface area contributed by atoms with E-state index in [1.807, 2.05) is 0 Å². The van der Waals surface area contributed by atoms with Crippen molar-refractivity contribution in [2.75, 3.05) is 71.6 Å². The second-order valence-electron chi connectivity index (χ2n) is 13.6. The summed E-state index contributed by atoms with van der Waals surface area (Å²) in [6, 6.07) is 35.8. The molecule has 4 radical (unpaired) electrons. The first-order valence-corrected chi connectivity index (χ1v) is 17.5. The molecule has 12 heteroatoms. The highest BCUT2D eigenvalue weighted by Gasteiger charge is 2.32. The first-order valence-electron chi connectivity index (χ1n) is 17.5. The minimum absolute atomic E-state index is 0.912. The van der Waals surface area contributed by atoms with Gasteiger partial charge in [0.25, 0.3) is 0 Å². The maximum Gasteiger partial charge on any atom is 0.352 e. The summed E-state index contributed by atoms with van der Waals surface area (Å²) in [7, 11) is 9.50. The molecular weight excluding hydrogens is 588 g/mol. The van der Waals surface area contributed by atoms with E-state index >= 15 is 0 Å². The third-order valence-corrected chi connectivity index (χ3v) is 10.4. The van der Waals surface area contributed by atoms with Gasteiger partial charge in [-0.3, -0.25) is 0 Å². The van der Waals surface area contributed by atoms with Crippen LogP contribution in [0.1, 0.15) is 22.3 Å². The van der Waals surface area contributed by atoms with Gasteiger partial charge < -0.3 is 38.5 Å². The molecule has 5 aliphatic heterocycles. The van der Waals surface area contributed by atoms with Gasteiger partial charge in [0.2, 0.25) is 0 Å². The predicted molar refractivity (Wildman–Crippen MR) is 200 cm³/mol. The van der Waals surface area contributed by atoms with Gasteiger partial charge in [-0.2, -0.15) is 0 Å². The number of hydrogen-bond acceptors (Lipinski definition) is 8. The molecule has 4 unspecified atom stereocenters. The van der Waals surface area contributed by atoms with Gasteiger partial charge in [0.15, 0.2) is 0 Å². The average Bonchev–Trinajstić information content (AvgIpc) is 3.13. The van der Waals surface area contributed by atoms with Crippen molar-refractivity contribution in [1.82, 2.24) is 19.2 Å². The number of benzene rings is 4. The Morgan fingerprint density at radius 1 is 0.292 bits per heavy atom. The van der Waals surface area contributed by atoms with Gasteiger partial charge in [-0.15, -0.1) is 0 Å². The standard InChI is InChI=1S/C36H40B4N8/c1-5-13-33-29(9-1)25-41-17-18-42-26-30-10-3-7-15-35(30)47(38-42)23-24-48-36-16-8-4-12-32(36)28-44(40-48)20-19-43-27-31-11-2-6-14-34(31)46(39-43)22-21-45(33)37-41/h1-16H,17-28H2. The van der Waals surface area contributed by atoms with E-state index in [4.69, 9.17) is 0 Å². The number of anilines is 4. The predicted octanol–water partition coefficient (Wildman–Crippen LogP) is 3.43. The van der Waals surface area contributed by atoms with Crippen molar-refractivity contribution in [1.29, 1.82) is 0 Å². The van der Waals surface area contributed by atoms with Crippen molar-refractivity contribution >= 4 is 52.9 Å². The van der Waals surface area contributed by atoms with Gasteiger partial charge in [0.1, 0.15) is 0 Å². The zero-order valence-electron chi connectivity index (χ0n) is 27.6. The van der Waals surface area contributed by atoms with Crippen molar-refractivity contribution < 1.29 is 0 Å². The summed E-state index contributed by atoms with van der Waals surface area (Å²) in [4.78, 5) is 19.9. The second kappa shape index (κ2) is 13.2. The molecule has 4 aromatic rings. The summed E-state index contributed by atoms with van der Waals surface area (Å²) in [6.07, 6.45) is 0. The first-order chi connectivity index (χ1) is 23.7. The van der Waals surface area contributed by atoms with Crippen LogP contribution in [-0.2, 0) is 26.2 Å². The zero-order valence-corrected chi connectivity index (χ0v) is 27.6. The number of para-hydroxylation sites is 4. The van der Waals surface area contributed by atoms with E-state index in [0.29, 0.717) is 0 Å². The molecule has 5 aliphatic rings. The normalized spacial score (nSPS) is 25.0. The minimum atomic E-state index is 0.912. The quantitative estimate of drug-likeness (QED) is 0.274. The summed E-state index contributed by atoms with van der Waals surface area (Å²) in [6.45, 7) is 11.3. The minimum Gasteiger partial charge on any atom is -0.402 e. The molecule has 0 spiro atoms. The first kappa shape index (κ1) is 30.3. The van der Waals surface area contributed by atoms with Gasteiger partial charge in [0, 0.05) is 101 Å². The summed E-state index contributed by atoms with van der Waals surface area (Å²) in [5.41, 5.74) is 10.9. The average molecular weight is 628 g/mol. The SMILES string of the molecule is [B]1N2CCN3[B]N(CCN4[B]N(CCN5[B]N(CCN1c1ccccc1C2)c1ccccc1C5)Cc1ccccc14)c1ccccc1C3. The van der Waals surface area contributed by atoms with Crippen LogP contribution in [0.5, 0.6) is 0 Å². The van der Waals surface area contributed by atoms with Crippen LogP contribution >= 0.6 is 0 Å². The molecule has 236 valence electrons. The Labute approximate surface area is 288 Å². The molecule has 0 saturated carbocycles. The lowest BCUT2D eigenvalue weighted by molar-refractivity contribution is 0.342. The fourth-order valence-electron chi connectivity index (χ4n) is 7.98. The fraction of sp³-hybridized carbons (Fsp3) is 0.333. The number of hydrogen-bond donors (Lipinski definition) is 0. The highest BCUT2D eigenvalue weighted by Crippen LogP contribution is 2.31. The monoisotopic (exact) mass is 628 g/mol. The van der Waals surface area contributed by atoms with Crippen molar-refractivity contribution in [3.05, 3.63) is 119 Å². The molecule has 0 N–H and O–H groups in total. The van der Waals surface area contributed by atoms with E-state index in [1.165, 1.54) is 45.0 Å². The zero-order chi connectivity index (χ0) is 31.9. The third kappa shape index (κ3) is 6.11. The van der Waals surface area contributed by atoms with Crippen LogP contribution in [-0.4, -0.2) is 102 Å². The number of rotatable bonds is 0. The van der Waals surface area contributed by atoms with Crippen LogP contribution < -0.4 is 19.2 Å². The molecule has 0 aliphatic carbocycles. The lowest BCUT2D eigenvalue weighted by Gasteiger charge is -2.44. The van der Waals surface area contributed by atoms with E-state index in [2.05, 4.69) is 166 Å². The lowest BCUT2D eigenvalue weighted by Crippen LogP contribution is -2.56. The van der Waals surface area contributed by atoms with E-state index < -0.39 is 0 Å². The molecule has 0 aromatic heterocycles. The second-order valence-corrected chi connectivity index (χ2v) is 13.6. The van der Waals surface area contributed by atoms with E-state index in [1.54, 1.807) is 0 Å². The van der Waals surface area contributed by atoms with Crippen LogP contribution in [0.3, 0.4) is 0 Å². The summed E-state index contributed by atoms with van der Waals surface area (Å²) in [5, 5.41) is 0. The van der Waals surface area contributed by atoms with Gasteiger partial charge in [-0.05, 0) is 46.5 Å². The van der Waals surface area contributed by atoms with E-state index in [0.717, 1.165) is 78.5 Å². The molecule has 5 heterocycles. The Balaban J connectivity index is 1.03. The molecule has 8 bridgehead atoms. The van der Waals surface area contributed by atoms with Crippen molar-refractivity contribution in [2.24, 2.45) is 0 Å². The van der Waals surface area contributed by atoms with E-state index in [-0.39, 0.29) is 0 Å². The topological polar surface area (TPSA) is 25.9 Å². The summed E-state index contributed by atoms with van der Waals surface area (Å²) < 4.78 is 0. The third-order valence-electron chi connectivity index (χ3n) is 10.4. The summed E-state index contributed by atoms with van der Waals surface area (Å²) >= 11 is 0. The van der Waals surface area contributed by atoms with Gasteiger partial charge in [-0.25, -0.2) is 0 Å². The Hall–Kier alpha value is -3.82. The van der Waals surface area contributed by atoms with Crippen molar-refractivity contribution in [2.45, 2.75) is 26.2 Å². The van der Waals surface area contributed by atoms with E-state index in [9.17, 15) is 0 Å². The van der Waals surface area contributed by atoms with Crippen molar-refractivity contribution in [3.8, 4) is 0 Å². The maximum absolute atomic E-state index is 2.51. The van der Waals surface area contributed by atoms with Gasteiger partial charge in [-0.1, -0.05) is 72.8 Å². The Morgan fingerprint density at radius 2 is 0.521 bits per heavy atom. The van der Waals surface area contributed by atoms with Crippen molar-refractivity contribution in [3.63, 3.8) is 0 Å². The van der Waals surface area contributed by atoms with Gasteiger partial charge >= 0.3 is 30.2 Å². The lowest BCUT2D eigenvalue weighted by atomic mass is 9.89. The molecule has 9 rings (SSSR count). The Morgan fingerprint density at radius 3 is 0.771 bits per heavy atom. The highest BCUT2D eigenvalue weighted by molar-refractivity contribution is 6.41.